The smallest absolute Gasteiger partial charge is 0.199 e. The molecular formula is C16H13NO2S. The van der Waals surface area contributed by atoms with Crippen LogP contribution < -0.4 is 0 Å². The van der Waals surface area contributed by atoms with Crippen LogP contribution >= 0.6 is 0 Å². The Morgan fingerprint density at radius 2 is 1.80 bits per heavy atom. The SMILES string of the molecule is Cc1cccc(/C=C\C2=NS(=O)(=O)c3ccccc32)c1. The van der Waals surface area contributed by atoms with Gasteiger partial charge >= 0.3 is 0 Å². The largest absolute Gasteiger partial charge is 0.283 e. The molecule has 100 valence electrons. The van der Waals surface area contributed by atoms with Gasteiger partial charge in [-0.05, 0) is 24.6 Å². The van der Waals surface area contributed by atoms with Gasteiger partial charge in [-0.3, -0.25) is 0 Å². The Bertz CT molecular complexity index is 833. The Kier molecular flexibility index (Phi) is 3.03. The molecule has 0 saturated heterocycles. The number of nitrogens with zero attached hydrogens (tertiary/aromatic N) is 1. The Hall–Kier alpha value is -2.20. The zero-order valence-corrected chi connectivity index (χ0v) is 11.8. The molecule has 1 aliphatic heterocycles. The van der Waals surface area contributed by atoms with E-state index in [1.54, 1.807) is 24.3 Å². The van der Waals surface area contributed by atoms with E-state index in [2.05, 4.69) is 4.40 Å². The topological polar surface area (TPSA) is 46.5 Å². The van der Waals surface area contributed by atoms with Gasteiger partial charge in [-0.2, -0.15) is 12.8 Å². The molecule has 0 aromatic heterocycles. The fourth-order valence-electron chi connectivity index (χ4n) is 2.20. The molecule has 20 heavy (non-hydrogen) atoms. The van der Waals surface area contributed by atoms with Crippen molar-refractivity contribution >= 4 is 21.8 Å². The van der Waals surface area contributed by atoms with Gasteiger partial charge in [-0.25, -0.2) is 0 Å². The predicted molar refractivity (Wildman–Crippen MR) is 80.4 cm³/mol. The standard InChI is InChI=1S/C16H13NO2S/c1-12-5-4-6-13(11-12)9-10-15-14-7-2-3-8-16(14)20(18,19)17-15/h2-11H,1H3/b10-9-. The van der Waals surface area contributed by atoms with Gasteiger partial charge in [-0.1, -0.05) is 54.1 Å². The third-order valence-corrected chi connectivity index (χ3v) is 4.48. The van der Waals surface area contributed by atoms with Crippen LogP contribution in [-0.2, 0) is 10.0 Å². The molecule has 0 amide bonds. The van der Waals surface area contributed by atoms with Gasteiger partial charge in [0, 0.05) is 5.56 Å². The number of rotatable bonds is 2. The number of aryl methyl sites for hydroxylation is 1. The summed E-state index contributed by atoms with van der Waals surface area (Å²) in [6, 6.07) is 14.9. The van der Waals surface area contributed by atoms with Crippen molar-refractivity contribution < 1.29 is 8.42 Å². The van der Waals surface area contributed by atoms with Crippen LogP contribution in [0.4, 0.5) is 0 Å². The third-order valence-electron chi connectivity index (χ3n) is 3.14. The summed E-state index contributed by atoms with van der Waals surface area (Å²) in [5, 5.41) is 0. The summed E-state index contributed by atoms with van der Waals surface area (Å²) >= 11 is 0. The molecule has 0 N–H and O–H groups in total. The maximum Gasteiger partial charge on any atom is 0.283 e. The van der Waals surface area contributed by atoms with Gasteiger partial charge < -0.3 is 0 Å². The molecule has 3 rings (SSSR count). The second-order valence-corrected chi connectivity index (χ2v) is 6.27. The zero-order chi connectivity index (χ0) is 14.2. The van der Waals surface area contributed by atoms with Crippen LogP contribution in [0.2, 0.25) is 0 Å². The van der Waals surface area contributed by atoms with Crippen LogP contribution in [0.15, 0.2) is 63.9 Å². The molecule has 0 unspecified atom stereocenters. The van der Waals surface area contributed by atoms with Gasteiger partial charge in [0.25, 0.3) is 10.0 Å². The lowest BCUT2D eigenvalue weighted by Crippen LogP contribution is -1.93. The monoisotopic (exact) mass is 283 g/mol. The molecule has 3 nitrogen and oxygen atoms in total. The first-order valence-electron chi connectivity index (χ1n) is 6.25. The molecule has 0 saturated carbocycles. The molecule has 0 radical (unpaired) electrons. The lowest BCUT2D eigenvalue weighted by Gasteiger charge is -1.97. The summed E-state index contributed by atoms with van der Waals surface area (Å²) in [7, 11) is -3.53. The Labute approximate surface area is 118 Å². The Morgan fingerprint density at radius 1 is 1.00 bits per heavy atom. The van der Waals surface area contributed by atoms with E-state index in [0.717, 1.165) is 11.1 Å². The molecule has 0 bridgehead atoms. The molecule has 4 heteroatoms. The first kappa shape index (κ1) is 12.8. The highest BCUT2D eigenvalue weighted by Gasteiger charge is 2.26. The van der Waals surface area contributed by atoms with Crippen molar-refractivity contribution in [3.63, 3.8) is 0 Å². The van der Waals surface area contributed by atoms with Crippen LogP contribution in [-0.4, -0.2) is 14.1 Å². The molecule has 2 aromatic rings. The number of hydrogen-bond acceptors (Lipinski definition) is 2. The van der Waals surface area contributed by atoms with E-state index in [0.29, 0.717) is 11.3 Å². The number of fused-ring (bicyclic) bond motifs is 1. The second kappa shape index (κ2) is 4.72. The summed E-state index contributed by atoms with van der Waals surface area (Å²) in [6.07, 6.45) is 3.63. The van der Waals surface area contributed by atoms with Gasteiger partial charge in [0.1, 0.15) is 0 Å². The minimum atomic E-state index is -3.53. The van der Waals surface area contributed by atoms with Gasteiger partial charge in [0.05, 0.1) is 10.6 Å². The van der Waals surface area contributed by atoms with E-state index in [1.807, 2.05) is 43.3 Å². The zero-order valence-electron chi connectivity index (χ0n) is 10.9. The average molecular weight is 283 g/mol. The van der Waals surface area contributed by atoms with Crippen LogP contribution in [0.3, 0.4) is 0 Å². The number of sulfonamides is 1. The molecule has 1 aliphatic rings. The highest BCUT2D eigenvalue weighted by atomic mass is 32.2. The fraction of sp³-hybridized carbons (Fsp3) is 0.0625. The maximum absolute atomic E-state index is 11.9. The normalized spacial score (nSPS) is 16.1. The van der Waals surface area contributed by atoms with Crippen molar-refractivity contribution in [2.75, 3.05) is 0 Å². The first-order chi connectivity index (χ1) is 9.56. The molecule has 2 aromatic carbocycles. The van der Waals surface area contributed by atoms with Gasteiger partial charge in [0.2, 0.25) is 0 Å². The minimum absolute atomic E-state index is 0.281. The van der Waals surface area contributed by atoms with E-state index < -0.39 is 10.0 Å². The van der Waals surface area contributed by atoms with Crippen LogP contribution in [0.5, 0.6) is 0 Å². The van der Waals surface area contributed by atoms with Crippen molar-refractivity contribution in [3.05, 3.63) is 71.3 Å². The van der Waals surface area contributed by atoms with E-state index in [4.69, 9.17) is 0 Å². The summed E-state index contributed by atoms with van der Waals surface area (Å²) in [6.45, 7) is 2.02. The Morgan fingerprint density at radius 3 is 2.60 bits per heavy atom. The van der Waals surface area contributed by atoms with Crippen molar-refractivity contribution in [1.82, 2.24) is 0 Å². The fourth-order valence-corrected chi connectivity index (χ4v) is 3.42. The quantitative estimate of drug-likeness (QED) is 0.849. The second-order valence-electron chi connectivity index (χ2n) is 4.70. The first-order valence-corrected chi connectivity index (χ1v) is 7.69. The van der Waals surface area contributed by atoms with E-state index in [1.165, 1.54) is 0 Å². The lowest BCUT2D eigenvalue weighted by molar-refractivity contribution is 0.599. The molecule has 0 fully saturated rings. The van der Waals surface area contributed by atoms with E-state index in [9.17, 15) is 8.42 Å². The summed E-state index contributed by atoms with van der Waals surface area (Å²) < 4.78 is 27.6. The average Bonchev–Trinajstić information content (AvgIpc) is 2.69. The molecule has 1 heterocycles. The number of benzene rings is 2. The van der Waals surface area contributed by atoms with Crippen molar-refractivity contribution in [3.8, 4) is 0 Å². The lowest BCUT2D eigenvalue weighted by atomic mass is 10.1. The maximum atomic E-state index is 11.9. The van der Waals surface area contributed by atoms with Crippen LogP contribution in [0, 0.1) is 6.92 Å². The van der Waals surface area contributed by atoms with Crippen molar-refractivity contribution in [2.24, 2.45) is 4.40 Å². The van der Waals surface area contributed by atoms with E-state index in [-0.39, 0.29) is 4.90 Å². The molecule has 0 atom stereocenters. The van der Waals surface area contributed by atoms with Crippen LogP contribution in [0.1, 0.15) is 16.7 Å². The summed E-state index contributed by atoms with van der Waals surface area (Å²) in [5.74, 6) is 0. The van der Waals surface area contributed by atoms with E-state index >= 15 is 0 Å². The predicted octanol–water partition coefficient (Wildman–Crippen LogP) is 3.20. The number of hydrogen-bond donors (Lipinski definition) is 0. The number of allylic oxidation sites excluding steroid dienone is 1. The summed E-state index contributed by atoms with van der Waals surface area (Å²) in [5.41, 5.74) is 3.33. The minimum Gasteiger partial charge on any atom is -0.199 e. The highest BCUT2D eigenvalue weighted by Crippen LogP contribution is 2.26. The van der Waals surface area contributed by atoms with Crippen molar-refractivity contribution in [1.29, 1.82) is 0 Å². The van der Waals surface area contributed by atoms with Crippen LogP contribution in [0.25, 0.3) is 6.08 Å². The van der Waals surface area contributed by atoms with Crippen molar-refractivity contribution in [2.45, 2.75) is 11.8 Å². The summed E-state index contributed by atoms with van der Waals surface area (Å²) in [4.78, 5) is 0.281. The van der Waals surface area contributed by atoms with Gasteiger partial charge in [-0.15, -0.1) is 0 Å². The molecular weight excluding hydrogens is 270 g/mol. The Balaban J connectivity index is 2.01. The molecule has 0 spiro atoms. The van der Waals surface area contributed by atoms with Gasteiger partial charge in [0.15, 0.2) is 0 Å². The molecule has 0 aliphatic carbocycles. The highest BCUT2D eigenvalue weighted by molar-refractivity contribution is 7.90. The third kappa shape index (κ3) is 2.30.